The highest BCUT2D eigenvalue weighted by Gasteiger charge is 2.56. The van der Waals surface area contributed by atoms with Gasteiger partial charge in [-0.2, -0.15) is 5.26 Å². The van der Waals surface area contributed by atoms with Crippen LogP contribution in [0.1, 0.15) is 33.1 Å². The second kappa shape index (κ2) is 3.88. The summed E-state index contributed by atoms with van der Waals surface area (Å²) in [6, 6.07) is 2.29. The summed E-state index contributed by atoms with van der Waals surface area (Å²) in [4.78, 5) is 0. The number of nitriles is 1. The van der Waals surface area contributed by atoms with Crippen molar-refractivity contribution in [3.8, 4) is 6.07 Å². The lowest BCUT2D eigenvalue weighted by atomic mass is 9.56. The fraction of sp³-hybridized carbons (Fsp3) is 0.909. The van der Waals surface area contributed by atoms with Crippen LogP contribution < -0.4 is 0 Å². The summed E-state index contributed by atoms with van der Waals surface area (Å²) in [6.45, 7) is 4.13. The predicted octanol–water partition coefficient (Wildman–Crippen LogP) is 1.71. The highest BCUT2D eigenvalue weighted by Crippen LogP contribution is 2.51. The van der Waals surface area contributed by atoms with Gasteiger partial charge in [0.2, 0.25) is 0 Å². The van der Waals surface area contributed by atoms with Crippen LogP contribution in [-0.2, 0) is 4.74 Å². The highest BCUT2D eigenvalue weighted by atomic mass is 16.5. The molecule has 0 spiro atoms. The van der Waals surface area contributed by atoms with Gasteiger partial charge in [0, 0.05) is 7.11 Å². The Morgan fingerprint density at radius 3 is 2.36 bits per heavy atom. The van der Waals surface area contributed by atoms with Crippen molar-refractivity contribution in [1.82, 2.24) is 0 Å². The SMILES string of the molecule is COCC(O)(C(C)C)C1(C#N)CCC1. The third-order valence-corrected chi connectivity index (χ3v) is 3.57. The van der Waals surface area contributed by atoms with Gasteiger partial charge in [0.25, 0.3) is 0 Å². The number of hydrogen-bond acceptors (Lipinski definition) is 3. The van der Waals surface area contributed by atoms with Gasteiger partial charge in [0.05, 0.1) is 18.1 Å². The van der Waals surface area contributed by atoms with Gasteiger partial charge in [-0.1, -0.05) is 20.3 Å². The Balaban J connectivity index is 2.92. The average molecular weight is 197 g/mol. The van der Waals surface area contributed by atoms with Crippen molar-refractivity contribution in [3.05, 3.63) is 0 Å². The van der Waals surface area contributed by atoms with Crippen LogP contribution in [0.5, 0.6) is 0 Å². The van der Waals surface area contributed by atoms with Crippen molar-refractivity contribution >= 4 is 0 Å². The van der Waals surface area contributed by atoms with Gasteiger partial charge in [-0.05, 0) is 18.8 Å². The molecule has 1 aliphatic rings. The topological polar surface area (TPSA) is 53.2 Å². The molecule has 14 heavy (non-hydrogen) atoms. The van der Waals surface area contributed by atoms with Crippen molar-refractivity contribution < 1.29 is 9.84 Å². The van der Waals surface area contributed by atoms with E-state index in [1.807, 2.05) is 13.8 Å². The third kappa shape index (κ3) is 1.43. The second-order valence-corrected chi connectivity index (χ2v) is 4.56. The molecular weight excluding hydrogens is 178 g/mol. The summed E-state index contributed by atoms with van der Waals surface area (Å²) < 4.78 is 5.05. The average Bonchev–Trinajstić information content (AvgIpc) is 2.03. The number of rotatable bonds is 4. The molecule has 0 aromatic heterocycles. The van der Waals surface area contributed by atoms with E-state index in [0.29, 0.717) is 0 Å². The molecule has 3 nitrogen and oxygen atoms in total. The second-order valence-electron chi connectivity index (χ2n) is 4.56. The first-order valence-corrected chi connectivity index (χ1v) is 5.15. The van der Waals surface area contributed by atoms with Crippen LogP contribution in [0.4, 0.5) is 0 Å². The molecule has 1 fully saturated rings. The zero-order valence-corrected chi connectivity index (χ0v) is 9.21. The van der Waals surface area contributed by atoms with Crippen LogP contribution in [0.25, 0.3) is 0 Å². The first-order chi connectivity index (χ1) is 6.52. The van der Waals surface area contributed by atoms with Crippen LogP contribution >= 0.6 is 0 Å². The summed E-state index contributed by atoms with van der Waals surface area (Å²) in [5.74, 6) is 0.0439. The van der Waals surface area contributed by atoms with Crippen LogP contribution in [0, 0.1) is 22.7 Å². The Kier molecular flexibility index (Phi) is 3.18. The summed E-state index contributed by atoms with van der Waals surface area (Å²) in [7, 11) is 1.57. The van der Waals surface area contributed by atoms with Crippen LogP contribution in [-0.4, -0.2) is 24.4 Å². The third-order valence-electron chi connectivity index (χ3n) is 3.57. The minimum Gasteiger partial charge on any atom is -0.386 e. The first-order valence-electron chi connectivity index (χ1n) is 5.15. The molecular formula is C11H19NO2. The maximum absolute atomic E-state index is 10.5. The van der Waals surface area contributed by atoms with E-state index in [-0.39, 0.29) is 12.5 Å². The maximum Gasteiger partial charge on any atom is 0.109 e. The van der Waals surface area contributed by atoms with E-state index in [2.05, 4.69) is 6.07 Å². The summed E-state index contributed by atoms with van der Waals surface area (Å²) >= 11 is 0. The molecule has 1 N–H and O–H groups in total. The molecule has 80 valence electrons. The number of aliphatic hydroxyl groups is 1. The van der Waals surface area contributed by atoms with Gasteiger partial charge in [0.1, 0.15) is 5.60 Å². The predicted molar refractivity (Wildman–Crippen MR) is 53.6 cm³/mol. The van der Waals surface area contributed by atoms with Gasteiger partial charge < -0.3 is 9.84 Å². The van der Waals surface area contributed by atoms with Crippen LogP contribution in [0.3, 0.4) is 0 Å². The van der Waals surface area contributed by atoms with Crippen molar-refractivity contribution in [3.63, 3.8) is 0 Å². The molecule has 0 radical (unpaired) electrons. The fourth-order valence-corrected chi connectivity index (χ4v) is 2.25. The largest absolute Gasteiger partial charge is 0.386 e. The summed E-state index contributed by atoms with van der Waals surface area (Å²) in [5.41, 5.74) is -1.56. The molecule has 1 unspecified atom stereocenters. The molecule has 0 amide bonds. The lowest BCUT2D eigenvalue weighted by Gasteiger charge is -2.50. The minimum atomic E-state index is -0.991. The van der Waals surface area contributed by atoms with Gasteiger partial charge in [-0.25, -0.2) is 0 Å². The van der Waals surface area contributed by atoms with E-state index in [9.17, 15) is 10.4 Å². The molecule has 0 aromatic carbocycles. The maximum atomic E-state index is 10.5. The summed E-state index contributed by atoms with van der Waals surface area (Å²) in [5, 5.41) is 19.7. The van der Waals surface area contributed by atoms with Gasteiger partial charge in [-0.15, -0.1) is 0 Å². The number of hydrogen-bond donors (Lipinski definition) is 1. The lowest BCUT2D eigenvalue weighted by molar-refractivity contribution is -0.158. The molecule has 0 saturated heterocycles. The molecule has 3 heteroatoms. The zero-order valence-electron chi connectivity index (χ0n) is 9.21. The van der Waals surface area contributed by atoms with Gasteiger partial charge >= 0.3 is 0 Å². The van der Waals surface area contributed by atoms with E-state index in [0.717, 1.165) is 19.3 Å². The molecule has 1 atom stereocenters. The van der Waals surface area contributed by atoms with E-state index >= 15 is 0 Å². The van der Waals surface area contributed by atoms with Crippen molar-refractivity contribution in [2.45, 2.75) is 38.7 Å². The molecule has 0 aromatic rings. The van der Waals surface area contributed by atoms with Crippen molar-refractivity contribution in [2.24, 2.45) is 11.3 Å². The first kappa shape index (κ1) is 11.5. The van der Waals surface area contributed by atoms with Gasteiger partial charge in [-0.3, -0.25) is 0 Å². The Bertz CT molecular complexity index is 240. The Morgan fingerprint density at radius 2 is 2.14 bits per heavy atom. The summed E-state index contributed by atoms with van der Waals surface area (Å²) in [6.07, 6.45) is 2.62. The Hall–Kier alpha value is -0.590. The molecule has 0 heterocycles. The molecule has 1 rings (SSSR count). The molecule has 0 aliphatic heterocycles. The Morgan fingerprint density at radius 1 is 1.57 bits per heavy atom. The smallest absolute Gasteiger partial charge is 0.109 e. The number of nitrogens with zero attached hydrogens (tertiary/aromatic N) is 1. The molecule has 1 aliphatic carbocycles. The normalized spacial score (nSPS) is 23.7. The van der Waals surface area contributed by atoms with E-state index in [1.54, 1.807) is 7.11 Å². The van der Waals surface area contributed by atoms with E-state index in [1.165, 1.54) is 0 Å². The zero-order chi connectivity index (χ0) is 10.8. The van der Waals surface area contributed by atoms with Crippen molar-refractivity contribution in [2.75, 3.05) is 13.7 Å². The van der Waals surface area contributed by atoms with Crippen LogP contribution in [0.15, 0.2) is 0 Å². The monoisotopic (exact) mass is 197 g/mol. The number of ether oxygens (including phenoxy) is 1. The lowest BCUT2D eigenvalue weighted by Crippen LogP contribution is -2.57. The minimum absolute atomic E-state index is 0.0439. The van der Waals surface area contributed by atoms with Crippen LogP contribution in [0.2, 0.25) is 0 Å². The number of methoxy groups -OCH3 is 1. The van der Waals surface area contributed by atoms with E-state index in [4.69, 9.17) is 4.74 Å². The fourth-order valence-electron chi connectivity index (χ4n) is 2.25. The van der Waals surface area contributed by atoms with E-state index < -0.39 is 11.0 Å². The molecule has 0 bridgehead atoms. The van der Waals surface area contributed by atoms with Crippen molar-refractivity contribution in [1.29, 1.82) is 5.26 Å². The van der Waals surface area contributed by atoms with Gasteiger partial charge in [0.15, 0.2) is 0 Å². The standard InChI is InChI=1S/C11H19NO2/c1-9(2)11(13,8-14-3)10(7-12)5-4-6-10/h9,13H,4-6,8H2,1-3H3. The Labute approximate surface area is 85.7 Å². The quantitative estimate of drug-likeness (QED) is 0.746. The highest BCUT2D eigenvalue weighted by molar-refractivity contribution is 5.16. The molecule has 1 saturated carbocycles.